The van der Waals surface area contributed by atoms with Gasteiger partial charge in [-0.1, -0.05) is 147 Å². The molecule has 0 unspecified atom stereocenters. The average molecular weight is 570 g/mol. The minimum atomic E-state index is 0.524. The molecule has 6 aromatic carbocycles. The minimum Gasteiger partial charge on any atom is -0.355 e. The minimum absolute atomic E-state index is 0.524. The number of rotatable bonds is 4. The highest BCUT2D eigenvalue weighted by atomic mass is 14.9. The number of nitrogens with one attached hydrogen (secondary N) is 1. The van der Waals surface area contributed by atoms with Crippen molar-refractivity contribution in [3.63, 3.8) is 0 Å². The highest BCUT2D eigenvalue weighted by Gasteiger charge is 2.20. The van der Waals surface area contributed by atoms with Crippen molar-refractivity contribution in [1.29, 1.82) is 0 Å². The summed E-state index contributed by atoms with van der Waals surface area (Å²) in [5.41, 5.74) is 16.6. The van der Waals surface area contributed by atoms with Crippen molar-refractivity contribution >= 4 is 22.5 Å². The van der Waals surface area contributed by atoms with Gasteiger partial charge in [-0.15, -0.1) is 0 Å². The molecule has 216 valence electrons. The Morgan fingerprint density at radius 2 is 0.886 bits per heavy atom. The molecule has 44 heavy (non-hydrogen) atoms. The highest BCUT2D eigenvalue weighted by Crippen LogP contribution is 2.43. The van der Waals surface area contributed by atoms with Crippen LogP contribution in [-0.2, 0) is 0 Å². The first-order chi connectivity index (χ1) is 21.5. The maximum Gasteiger partial charge on any atom is 0.0464 e. The van der Waals surface area contributed by atoms with Gasteiger partial charge in [-0.05, 0) is 88.1 Å². The van der Waals surface area contributed by atoms with Gasteiger partial charge in [-0.25, -0.2) is 0 Å². The molecule has 1 nitrogen and oxygen atoms in total. The van der Waals surface area contributed by atoms with Crippen LogP contribution in [0.5, 0.6) is 0 Å². The molecule has 0 aliphatic carbocycles. The number of aryl methyl sites for hydroxylation is 1. The van der Waals surface area contributed by atoms with Gasteiger partial charge in [-0.3, -0.25) is 0 Å². The molecular weight excluding hydrogens is 530 g/mol. The van der Waals surface area contributed by atoms with Gasteiger partial charge in [0.1, 0.15) is 0 Å². The predicted octanol–water partition coefficient (Wildman–Crippen LogP) is 12.2. The van der Waals surface area contributed by atoms with E-state index < -0.39 is 0 Å². The van der Waals surface area contributed by atoms with E-state index in [1.54, 1.807) is 0 Å². The Morgan fingerprint density at radius 3 is 1.43 bits per heavy atom. The van der Waals surface area contributed by atoms with E-state index in [0.717, 1.165) is 5.69 Å². The third-order valence-corrected chi connectivity index (χ3v) is 8.42. The molecule has 7 rings (SSSR count). The van der Waals surface area contributed by atoms with E-state index in [1.165, 1.54) is 66.9 Å². The Balaban J connectivity index is 0.000000157. The summed E-state index contributed by atoms with van der Waals surface area (Å²) < 4.78 is 0. The van der Waals surface area contributed by atoms with Gasteiger partial charge in [-0.2, -0.15) is 0 Å². The quantitative estimate of drug-likeness (QED) is 0.223. The van der Waals surface area contributed by atoms with Crippen molar-refractivity contribution in [1.82, 2.24) is 0 Å². The Hall–Kier alpha value is -5.14. The summed E-state index contributed by atoms with van der Waals surface area (Å²) in [6.45, 7) is 8.91. The van der Waals surface area contributed by atoms with E-state index in [-0.39, 0.29) is 0 Å². The first-order valence-corrected chi connectivity index (χ1v) is 15.5. The van der Waals surface area contributed by atoms with E-state index in [2.05, 4.69) is 185 Å². The lowest BCUT2D eigenvalue weighted by atomic mass is 9.88. The van der Waals surface area contributed by atoms with Gasteiger partial charge in [0, 0.05) is 22.5 Å². The molecule has 0 bridgehead atoms. The highest BCUT2D eigenvalue weighted by molar-refractivity contribution is 6.06. The van der Waals surface area contributed by atoms with Crippen molar-refractivity contribution in [3.05, 3.63) is 179 Å². The maximum atomic E-state index is 3.61. The van der Waals surface area contributed by atoms with Gasteiger partial charge >= 0.3 is 0 Å². The van der Waals surface area contributed by atoms with Crippen molar-refractivity contribution in [2.45, 2.75) is 33.6 Å². The van der Waals surface area contributed by atoms with Crippen LogP contribution < -0.4 is 5.32 Å². The number of allylic oxidation sites excluding steroid dienone is 1. The summed E-state index contributed by atoms with van der Waals surface area (Å²) >= 11 is 0. The normalized spacial score (nSPS) is 11.9. The van der Waals surface area contributed by atoms with Crippen LogP contribution in [0.4, 0.5) is 11.4 Å². The fourth-order valence-electron chi connectivity index (χ4n) is 5.99. The number of hydrogen-bond acceptors (Lipinski definition) is 1. The molecule has 1 heteroatoms. The lowest BCUT2D eigenvalue weighted by Crippen LogP contribution is -1.95. The van der Waals surface area contributed by atoms with Crippen LogP contribution in [0.25, 0.3) is 33.4 Å². The third kappa shape index (κ3) is 6.14. The van der Waals surface area contributed by atoms with Crippen LogP contribution in [-0.4, -0.2) is 0 Å². The van der Waals surface area contributed by atoms with Crippen LogP contribution in [0.15, 0.2) is 152 Å². The summed E-state index contributed by atoms with van der Waals surface area (Å²) in [6, 6.07) is 53.9. The van der Waals surface area contributed by atoms with Gasteiger partial charge in [0.15, 0.2) is 0 Å². The number of para-hydroxylation sites is 2. The molecule has 0 radical (unpaired) electrons. The molecule has 1 N–H and O–H groups in total. The summed E-state index contributed by atoms with van der Waals surface area (Å²) in [5, 5.41) is 3.61. The molecule has 1 heterocycles. The number of anilines is 2. The van der Waals surface area contributed by atoms with Crippen LogP contribution in [0.2, 0.25) is 0 Å². The van der Waals surface area contributed by atoms with E-state index in [0.29, 0.717) is 5.92 Å². The van der Waals surface area contributed by atoms with Crippen LogP contribution >= 0.6 is 0 Å². The zero-order chi connectivity index (χ0) is 30.5. The summed E-state index contributed by atoms with van der Waals surface area (Å²) in [4.78, 5) is 0. The predicted molar refractivity (Wildman–Crippen MR) is 190 cm³/mol. The average Bonchev–Trinajstić information content (AvgIpc) is 3.19. The van der Waals surface area contributed by atoms with E-state index in [4.69, 9.17) is 0 Å². The van der Waals surface area contributed by atoms with Gasteiger partial charge in [0.2, 0.25) is 0 Å². The summed E-state index contributed by atoms with van der Waals surface area (Å²) in [7, 11) is 0. The van der Waals surface area contributed by atoms with Gasteiger partial charge in [0.05, 0.1) is 0 Å². The van der Waals surface area contributed by atoms with Crippen molar-refractivity contribution < 1.29 is 0 Å². The van der Waals surface area contributed by atoms with Crippen LogP contribution in [0.1, 0.15) is 54.5 Å². The zero-order valence-corrected chi connectivity index (χ0v) is 26.0. The maximum absolute atomic E-state index is 3.61. The molecule has 0 fully saturated rings. The molecule has 1 aliphatic heterocycles. The first kappa shape index (κ1) is 29.0. The Labute approximate surface area is 262 Å². The third-order valence-electron chi connectivity index (χ3n) is 8.42. The standard InChI is InChI=1S/C22H19N.C21H20/c1-15-9-3-4-10-17(15)22-16(2)18-11-5-7-13-20(18)23-21-14-8-6-12-19(21)22;1-16(2)19-13-20(17-9-5-3-6-10-17)15-21(14-19)18-11-7-4-8-12-18/h3-14,23H,1-2H3;3-16H,1-2H3. The lowest BCUT2D eigenvalue weighted by molar-refractivity contribution is 0.867. The Morgan fingerprint density at radius 1 is 0.432 bits per heavy atom. The largest absolute Gasteiger partial charge is 0.355 e. The number of fused-ring (bicyclic) bond motifs is 2. The molecule has 0 saturated carbocycles. The number of benzene rings is 6. The fourth-order valence-corrected chi connectivity index (χ4v) is 5.99. The second kappa shape index (κ2) is 13.0. The molecule has 0 atom stereocenters. The molecule has 0 saturated heterocycles. The van der Waals surface area contributed by atoms with Crippen molar-refractivity contribution in [2.24, 2.45) is 0 Å². The molecule has 0 amide bonds. The van der Waals surface area contributed by atoms with Gasteiger partial charge in [0.25, 0.3) is 0 Å². The van der Waals surface area contributed by atoms with Crippen LogP contribution in [0, 0.1) is 6.92 Å². The second-order valence-corrected chi connectivity index (χ2v) is 11.8. The summed E-state index contributed by atoms with van der Waals surface area (Å²) in [6.07, 6.45) is 0. The smallest absolute Gasteiger partial charge is 0.0464 e. The van der Waals surface area contributed by atoms with E-state index in [1.807, 2.05) is 0 Å². The second-order valence-electron chi connectivity index (χ2n) is 11.8. The first-order valence-electron chi connectivity index (χ1n) is 15.5. The van der Waals surface area contributed by atoms with Crippen LogP contribution in [0.3, 0.4) is 0 Å². The molecular formula is C43H39N. The van der Waals surface area contributed by atoms with E-state index >= 15 is 0 Å². The topological polar surface area (TPSA) is 12.0 Å². The molecule has 0 spiro atoms. The Bertz CT molecular complexity index is 1850. The van der Waals surface area contributed by atoms with E-state index in [9.17, 15) is 0 Å². The zero-order valence-electron chi connectivity index (χ0n) is 26.0. The molecule has 1 aliphatic rings. The lowest BCUT2D eigenvalue weighted by Gasteiger charge is -2.15. The number of hydrogen-bond donors (Lipinski definition) is 1. The Kier molecular flexibility index (Phi) is 8.57. The fraction of sp³-hybridized carbons (Fsp3) is 0.116. The SMILES string of the molecule is CC(C)c1cc(-c2ccccc2)cc(-c2ccccc2)c1.CC1=C(c2ccccc2C)c2ccccc2Nc2ccccc21. The molecule has 0 aromatic heterocycles. The monoisotopic (exact) mass is 569 g/mol. The van der Waals surface area contributed by atoms with Crippen molar-refractivity contribution in [2.75, 3.05) is 5.32 Å². The summed E-state index contributed by atoms with van der Waals surface area (Å²) in [5.74, 6) is 0.524. The molecule has 6 aromatic rings. The van der Waals surface area contributed by atoms with Gasteiger partial charge < -0.3 is 5.32 Å². The van der Waals surface area contributed by atoms with Crippen molar-refractivity contribution in [3.8, 4) is 22.3 Å².